The van der Waals surface area contributed by atoms with E-state index in [-0.39, 0.29) is 23.8 Å². The summed E-state index contributed by atoms with van der Waals surface area (Å²) >= 11 is 8.01. The molecular weight excluding hydrogens is 386 g/mol. The van der Waals surface area contributed by atoms with Gasteiger partial charge in [0.15, 0.2) is 0 Å². The summed E-state index contributed by atoms with van der Waals surface area (Å²) in [5, 5.41) is 3.56. The van der Waals surface area contributed by atoms with Crippen molar-refractivity contribution in [1.29, 1.82) is 0 Å². The fourth-order valence-electron chi connectivity index (χ4n) is 4.12. The van der Waals surface area contributed by atoms with Crippen molar-refractivity contribution in [3.8, 4) is 0 Å². The van der Waals surface area contributed by atoms with Crippen molar-refractivity contribution in [3.63, 3.8) is 0 Å². The van der Waals surface area contributed by atoms with Crippen molar-refractivity contribution in [2.24, 2.45) is 5.92 Å². The molecule has 0 bridgehead atoms. The fraction of sp³-hybridized carbons (Fsp3) is 0.526. The zero-order valence-corrected chi connectivity index (χ0v) is 16.5. The SMILES string of the molecule is O=C1CC(CN2C(=O)NC3(CCSCC3)C2=O)CN1Cc1ccccc1Cl. The number of rotatable bonds is 4. The lowest BCUT2D eigenvalue weighted by Crippen LogP contribution is -2.49. The molecule has 0 radical (unpaired) electrons. The van der Waals surface area contributed by atoms with Gasteiger partial charge in [-0.2, -0.15) is 11.8 Å². The minimum Gasteiger partial charge on any atom is -0.338 e. The van der Waals surface area contributed by atoms with E-state index < -0.39 is 5.54 Å². The third-order valence-electron chi connectivity index (χ3n) is 5.65. The third kappa shape index (κ3) is 3.55. The quantitative estimate of drug-likeness (QED) is 0.778. The lowest BCUT2D eigenvalue weighted by molar-refractivity contribution is -0.132. The smallest absolute Gasteiger partial charge is 0.325 e. The monoisotopic (exact) mass is 407 g/mol. The molecule has 144 valence electrons. The van der Waals surface area contributed by atoms with Crippen molar-refractivity contribution >= 4 is 41.2 Å². The van der Waals surface area contributed by atoms with Crippen LogP contribution in [0.5, 0.6) is 0 Å². The lowest BCUT2D eigenvalue weighted by Gasteiger charge is -2.30. The molecule has 3 fully saturated rings. The van der Waals surface area contributed by atoms with Gasteiger partial charge in [-0.15, -0.1) is 0 Å². The van der Waals surface area contributed by atoms with E-state index in [1.54, 1.807) is 4.90 Å². The molecule has 6 nitrogen and oxygen atoms in total. The number of halogens is 1. The number of nitrogens with zero attached hydrogens (tertiary/aromatic N) is 2. The highest BCUT2D eigenvalue weighted by Crippen LogP contribution is 2.34. The van der Waals surface area contributed by atoms with Crippen LogP contribution in [-0.2, 0) is 16.1 Å². The van der Waals surface area contributed by atoms with Crippen LogP contribution < -0.4 is 5.32 Å². The van der Waals surface area contributed by atoms with Gasteiger partial charge in [-0.1, -0.05) is 29.8 Å². The minimum absolute atomic E-state index is 0.0377. The minimum atomic E-state index is -0.720. The molecule has 1 spiro atoms. The van der Waals surface area contributed by atoms with Crippen LogP contribution in [0.1, 0.15) is 24.8 Å². The van der Waals surface area contributed by atoms with E-state index in [1.165, 1.54) is 4.90 Å². The number of hydrogen-bond acceptors (Lipinski definition) is 4. The lowest BCUT2D eigenvalue weighted by atomic mass is 9.92. The molecule has 4 amide bonds. The van der Waals surface area contributed by atoms with Crippen LogP contribution in [0.2, 0.25) is 5.02 Å². The topological polar surface area (TPSA) is 69.7 Å². The van der Waals surface area contributed by atoms with E-state index in [0.717, 1.165) is 17.1 Å². The second-order valence-electron chi connectivity index (χ2n) is 7.48. The van der Waals surface area contributed by atoms with Gasteiger partial charge in [-0.3, -0.25) is 14.5 Å². The first-order chi connectivity index (χ1) is 13.0. The standard InChI is InChI=1S/C19H22ClN3O3S/c20-15-4-2-1-3-14(15)12-22-10-13(9-16(22)24)11-23-17(25)19(21-18(23)26)5-7-27-8-6-19/h1-4,13H,5-12H2,(H,21,26). The van der Waals surface area contributed by atoms with E-state index >= 15 is 0 Å². The predicted octanol–water partition coefficient (Wildman–Crippen LogP) is 2.51. The van der Waals surface area contributed by atoms with Crippen LogP contribution in [0.25, 0.3) is 0 Å². The zero-order valence-electron chi connectivity index (χ0n) is 14.9. The molecule has 0 aliphatic carbocycles. The largest absolute Gasteiger partial charge is 0.338 e. The predicted molar refractivity (Wildman–Crippen MR) is 105 cm³/mol. The highest BCUT2D eigenvalue weighted by molar-refractivity contribution is 7.99. The fourth-order valence-corrected chi connectivity index (χ4v) is 5.51. The van der Waals surface area contributed by atoms with Gasteiger partial charge < -0.3 is 10.2 Å². The van der Waals surface area contributed by atoms with Crippen molar-refractivity contribution in [2.45, 2.75) is 31.3 Å². The van der Waals surface area contributed by atoms with Crippen molar-refractivity contribution < 1.29 is 14.4 Å². The highest BCUT2D eigenvalue weighted by atomic mass is 35.5. The summed E-state index contributed by atoms with van der Waals surface area (Å²) in [7, 11) is 0. The molecule has 3 heterocycles. The first kappa shape index (κ1) is 18.6. The molecule has 1 N–H and O–H groups in total. The van der Waals surface area contributed by atoms with Crippen molar-refractivity contribution in [2.75, 3.05) is 24.6 Å². The Morgan fingerprint density at radius 3 is 2.67 bits per heavy atom. The average Bonchev–Trinajstić information content (AvgIpc) is 3.10. The Balaban J connectivity index is 1.40. The van der Waals surface area contributed by atoms with Crippen LogP contribution in [0.3, 0.4) is 0 Å². The van der Waals surface area contributed by atoms with Crippen molar-refractivity contribution in [3.05, 3.63) is 34.9 Å². The van der Waals surface area contributed by atoms with Gasteiger partial charge in [-0.05, 0) is 36.0 Å². The molecule has 0 saturated carbocycles. The maximum absolute atomic E-state index is 12.9. The van der Waals surface area contributed by atoms with Gasteiger partial charge in [-0.25, -0.2) is 4.79 Å². The van der Waals surface area contributed by atoms with Gasteiger partial charge in [0.1, 0.15) is 5.54 Å². The van der Waals surface area contributed by atoms with Gasteiger partial charge >= 0.3 is 6.03 Å². The highest BCUT2D eigenvalue weighted by Gasteiger charge is 2.52. The molecular formula is C19H22ClN3O3S. The number of hydrogen-bond donors (Lipinski definition) is 1. The van der Waals surface area contributed by atoms with Crippen molar-refractivity contribution in [1.82, 2.24) is 15.1 Å². The van der Waals surface area contributed by atoms with E-state index in [1.807, 2.05) is 36.0 Å². The summed E-state index contributed by atoms with van der Waals surface area (Å²) in [6.45, 7) is 1.28. The maximum Gasteiger partial charge on any atom is 0.325 e. The van der Waals surface area contributed by atoms with E-state index in [2.05, 4.69) is 5.32 Å². The molecule has 3 aliphatic heterocycles. The summed E-state index contributed by atoms with van der Waals surface area (Å²) in [5.74, 6) is 1.64. The summed E-state index contributed by atoms with van der Waals surface area (Å²) in [5.41, 5.74) is 0.184. The van der Waals surface area contributed by atoms with Crippen LogP contribution >= 0.6 is 23.4 Å². The van der Waals surface area contributed by atoms with E-state index in [0.29, 0.717) is 43.9 Å². The first-order valence-electron chi connectivity index (χ1n) is 9.21. The number of imide groups is 1. The van der Waals surface area contributed by atoms with E-state index in [9.17, 15) is 14.4 Å². The van der Waals surface area contributed by atoms with Gasteiger partial charge in [0.25, 0.3) is 5.91 Å². The number of nitrogens with one attached hydrogen (secondary N) is 1. The Morgan fingerprint density at radius 1 is 1.19 bits per heavy atom. The molecule has 1 unspecified atom stereocenters. The van der Waals surface area contributed by atoms with E-state index in [4.69, 9.17) is 11.6 Å². The van der Waals surface area contributed by atoms with Gasteiger partial charge in [0.05, 0.1) is 0 Å². The molecule has 3 aliphatic rings. The Labute approximate surface area is 167 Å². The normalized spacial score (nSPS) is 24.8. The van der Waals surface area contributed by atoms with Crippen LogP contribution in [0, 0.1) is 5.92 Å². The molecule has 3 saturated heterocycles. The second-order valence-corrected chi connectivity index (χ2v) is 9.11. The number of carbonyl (C=O) groups is 3. The second kappa shape index (κ2) is 7.36. The Bertz CT molecular complexity index is 781. The molecule has 1 aromatic rings. The molecule has 4 rings (SSSR count). The number of benzene rings is 1. The Kier molecular flexibility index (Phi) is 5.07. The number of carbonyl (C=O) groups excluding carboxylic acids is 3. The van der Waals surface area contributed by atoms with Gasteiger partial charge in [0.2, 0.25) is 5.91 Å². The molecule has 1 aromatic carbocycles. The summed E-state index contributed by atoms with van der Waals surface area (Å²) in [6.07, 6.45) is 1.71. The summed E-state index contributed by atoms with van der Waals surface area (Å²) in [6, 6.07) is 7.16. The van der Waals surface area contributed by atoms with Crippen LogP contribution in [-0.4, -0.2) is 57.8 Å². The molecule has 1 atom stereocenters. The number of thioether (sulfide) groups is 1. The first-order valence-corrected chi connectivity index (χ1v) is 10.7. The summed E-state index contributed by atoms with van der Waals surface area (Å²) < 4.78 is 0. The molecule has 27 heavy (non-hydrogen) atoms. The Hall–Kier alpha value is -1.73. The Morgan fingerprint density at radius 2 is 1.93 bits per heavy atom. The average molecular weight is 408 g/mol. The van der Waals surface area contributed by atoms with Crippen LogP contribution in [0.4, 0.5) is 4.79 Å². The molecule has 0 aromatic heterocycles. The molecule has 8 heteroatoms. The number of likely N-dealkylation sites (tertiary alicyclic amines) is 1. The van der Waals surface area contributed by atoms with Crippen LogP contribution in [0.15, 0.2) is 24.3 Å². The number of urea groups is 1. The van der Waals surface area contributed by atoms with Gasteiger partial charge in [0, 0.05) is 37.0 Å². The maximum atomic E-state index is 12.9. The summed E-state index contributed by atoms with van der Waals surface area (Å²) in [4.78, 5) is 40.8. The number of amides is 4. The zero-order chi connectivity index (χ0) is 19.0. The third-order valence-corrected chi connectivity index (χ3v) is 7.00.